The molecule has 6 nitrogen and oxygen atoms in total. The number of phenolic OH excluding ortho intramolecular Hbond substituents is 1. The molecule has 1 unspecified atom stereocenters. The van der Waals surface area contributed by atoms with E-state index in [9.17, 15) is 14.7 Å². The maximum absolute atomic E-state index is 14.3. The summed E-state index contributed by atoms with van der Waals surface area (Å²) in [7, 11) is 0. The first-order valence-electron chi connectivity index (χ1n) is 12.3. The highest BCUT2D eigenvalue weighted by Gasteiger charge is 2.52. The van der Waals surface area contributed by atoms with E-state index in [0.717, 1.165) is 44.7 Å². The highest BCUT2D eigenvalue weighted by molar-refractivity contribution is 6.34. The number of halogens is 1. The van der Waals surface area contributed by atoms with Gasteiger partial charge in [0.1, 0.15) is 11.2 Å². The fourth-order valence-electron chi connectivity index (χ4n) is 5.76. The number of carbonyl (C=O) groups excluding carboxylic acids is 2. The van der Waals surface area contributed by atoms with Crippen molar-refractivity contribution in [3.63, 3.8) is 0 Å². The zero-order valence-electron chi connectivity index (χ0n) is 19.6. The summed E-state index contributed by atoms with van der Waals surface area (Å²) in [6.07, 6.45) is 5.77. The number of fused-ring (bicyclic) bond motifs is 1. The quantitative estimate of drug-likeness (QED) is 0.628. The minimum Gasteiger partial charge on any atom is -0.508 e. The summed E-state index contributed by atoms with van der Waals surface area (Å²) >= 11 is 6.59. The van der Waals surface area contributed by atoms with Crippen molar-refractivity contribution < 1.29 is 14.7 Å². The van der Waals surface area contributed by atoms with Crippen LogP contribution in [-0.2, 0) is 10.2 Å². The molecule has 2 N–H and O–H groups in total. The number of nitrogens with zero attached hydrogens (tertiary/aromatic N) is 2. The van der Waals surface area contributed by atoms with Crippen molar-refractivity contribution in [3.05, 3.63) is 52.5 Å². The van der Waals surface area contributed by atoms with Gasteiger partial charge in [0.05, 0.1) is 16.9 Å². The van der Waals surface area contributed by atoms with E-state index in [-0.39, 0.29) is 17.4 Å². The second-order valence-electron chi connectivity index (χ2n) is 9.98. The van der Waals surface area contributed by atoms with Gasteiger partial charge in [-0.1, -0.05) is 43.0 Å². The number of carbonyl (C=O) groups is 2. The number of ketones is 1. The van der Waals surface area contributed by atoms with Gasteiger partial charge in [0.25, 0.3) is 0 Å². The van der Waals surface area contributed by atoms with E-state index < -0.39 is 5.41 Å². The standard InChI is InChI=1S/C27H32ClN3O3/c1-27(19-7-9-21(32)10-8-19)25(33)24-22(30-13-11-29-12-14-30)15-20(28)16-23(24)31(26(27)34)17-18-5-3-2-4-6-18/h7-10,15-16,18,29,32H,2-6,11-14,17H2,1H3. The lowest BCUT2D eigenvalue weighted by Gasteiger charge is -2.43. The Morgan fingerprint density at radius 1 is 1.03 bits per heavy atom. The van der Waals surface area contributed by atoms with Gasteiger partial charge in [0.2, 0.25) is 5.91 Å². The Morgan fingerprint density at radius 2 is 1.68 bits per heavy atom. The van der Waals surface area contributed by atoms with Crippen molar-refractivity contribution in [2.45, 2.75) is 44.4 Å². The van der Waals surface area contributed by atoms with E-state index in [4.69, 9.17) is 11.6 Å². The third-order valence-electron chi connectivity index (χ3n) is 7.77. The molecular formula is C27H32ClN3O3. The van der Waals surface area contributed by atoms with Crippen LogP contribution in [0, 0.1) is 5.92 Å². The normalized spacial score (nSPS) is 23.8. The molecule has 1 atom stereocenters. The maximum atomic E-state index is 14.3. The topological polar surface area (TPSA) is 72.9 Å². The first-order chi connectivity index (χ1) is 16.4. The number of hydrogen-bond donors (Lipinski definition) is 2. The summed E-state index contributed by atoms with van der Waals surface area (Å²) < 4.78 is 0. The van der Waals surface area contributed by atoms with Crippen LogP contribution in [0.5, 0.6) is 5.75 Å². The number of benzene rings is 2. The van der Waals surface area contributed by atoms with E-state index in [1.807, 2.05) is 11.0 Å². The van der Waals surface area contributed by atoms with E-state index in [1.54, 1.807) is 37.3 Å². The molecule has 2 heterocycles. The van der Waals surface area contributed by atoms with Gasteiger partial charge >= 0.3 is 0 Å². The molecule has 1 amide bonds. The molecule has 2 aliphatic heterocycles. The van der Waals surface area contributed by atoms with E-state index in [2.05, 4.69) is 10.2 Å². The number of phenols is 1. The van der Waals surface area contributed by atoms with Crippen molar-refractivity contribution >= 4 is 34.7 Å². The van der Waals surface area contributed by atoms with Crippen LogP contribution in [0.4, 0.5) is 11.4 Å². The van der Waals surface area contributed by atoms with Crippen LogP contribution in [0.25, 0.3) is 0 Å². The molecule has 180 valence electrons. The number of amides is 1. The molecule has 7 heteroatoms. The van der Waals surface area contributed by atoms with E-state index >= 15 is 0 Å². The SMILES string of the molecule is CC1(c2ccc(O)cc2)C(=O)c2c(N3CCNCC3)cc(Cl)cc2N(CC2CCCCC2)C1=O. The lowest BCUT2D eigenvalue weighted by molar-refractivity contribution is -0.122. The first kappa shape index (κ1) is 23.2. The van der Waals surface area contributed by atoms with Gasteiger partial charge in [-0.15, -0.1) is 0 Å². The summed E-state index contributed by atoms with van der Waals surface area (Å²) in [5.41, 5.74) is 1.25. The maximum Gasteiger partial charge on any atom is 0.245 e. The molecule has 0 radical (unpaired) electrons. The largest absolute Gasteiger partial charge is 0.508 e. The molecule has 1 saturated carbocycles. The molecule has 0 spiro atoms. The smallest absolute Gasteiger partial charge is 0.245 e. The van der Waals surface area contributed by atoms with Crippen LogP contribution >= 0.6 is 11.6 Å². The van der Waals surface area contributed by atoms with Crippen LogP contribution in [-0.4, -0.2) is 49.5 Å². The molecule has 34 heavy (non-hydrogen) atoms. The van der Waals surface area contributed by atoms with Gasteiger partial charge in [-0.05, 0) is 55.5 Å². The first-order valence-corrected chi connectivity index (χ1v) is 12.7. The van der Waals surface area contributed by atoms with Crippen molar-refractivity contribution in [1.29, 1.82) is 0 Å². The fraction of sp³-hybridized carbons (Fsp3) is 0.481. The van der Waals surface area contributed by atoms with Crippen molar-refractivity contribution in [2.75, 3.05) is 42.5 Å². The lowest BCUT2D eigenvalue weighted by atomic mass is 9.71. The second-order valence-corrected chi connectivity index (χ2v) is 10.4. The molecule has 2 aromatic carbocycles. The second kappa shape index (κ2) is 9.23. The number of hydrogen-bond acceptors (Lipinski definition) is 5. The number of piperazine rings is 1. The monoisotopic (exact) mass is 481 g/mol. The van der Waals surface area contributed by atoms with Crippen molar-refractivity contribution in [1.82, 2.24) is 5.32 Å². The van der Waals surface area contributed by atoms with Crippen molar-refractivity contribution in [3.8, 4) is 5.75 Å². The predicted molar refractivity (Wildman–Crippen MR) is 135 cm³/mol. The van der Waals surface area contributed by atoms with Crippen LogP contribution in [0.2, 0.25) is 5.02 Å². The van der Waals surface area contributed by atoms with Gasteiger partial charge in [-0.3, -0.25) is 9.59 Å². The van der Waals surface area contributed by atoms with Gasteiger partial charge < -0.3 is 20.2 Å². The predicted octanol–water partition coefficient (Wildman–Crippen LogP) is 4.52. The molecule has 0 bridgehead atoms. The van der Waals surface area contributed by atoms with Gasteiger partial charge in [-0.25, -0.2) is 0 Å². The number of rotatable bonds is 4. The molecule has 0 aromatic heterocycles. The Morgan fingerprint density at radius 3 is 2.35 bits per heavy atom. The number of nitrogens with one attached hydrogen (secondary N) is 1. The Labute approximate surface area is 205 Å². The number of anilines is 2. The average molecular weight is 482 g/mol. The molecule has 5 rings (SSSR count). The van der Waals surface area contributed by atoms with Gasteiger partial charge in [0.15, 0.2) is 5.78 Å². The number of aromatic hydroxyl groups is 1. The molecule has 1 saturated heterocycles. The van der Waals surface area contributed by atoms with Crippen LogP contribution in [0.1, 0.15) is 54.9 Å². The van der Waals surface area contributed by atoms with Gasteiger partial charge in [-0.2, -0.15) is 0 Å². The van der Waals surface area contributed by atoms with E-state index in [1.165, 1.54) is 19.3 Å². The minimum atomic E-state index is -1.37. The van der Waals surface area contributed by atoms with E-state index in [0.29, 0.717) is 34.3 Å². The number of Topliss-reactive ketones (excluding diaryl/α,β-unsaturated/α-hetero) is 1. The Kier molecular flexibility index (Phi) is 6.30. The summed E-state index contributed by atoms with van der Waals surface area (Å²) in [6.45, 7) is 5.52. The Hall–Kier alpha value is -2.57. The average Bonchev–Trinajstić information content (AvgIpc) is 2.86. The Bertz CT molecular complexity index is 1090. The fourth-order valence-corrected chi connectivity index (χ4v) is 5.97. The zero-order chi connectivity index (χ0) is 23.9. The summed E-state index contributed by atoms with van der Waals surface area (Å²) in [4.78, 5) is 32.4. The molecular weight excluding hydrogens is 450 g/mol. The minimum absolute atomic E-state index is 0.107. The Balaban J connectivity index is 1.67. The highest BCUT2D eigenvalue weighted by Crippen LogP contribution is 2.46. The molecule has 3 aliphatic rings. The molecule has 2 aromatic rings. The van der Waals surface area contributed by atoms with Crippen LogP contribution in [0.15, 0.2) is 36.4 Å². The molecule has 1 aliphatic carbocycles. The summed E-state index contributed by atoms with van der Waals surface area (Å²) in [6, 6.07) is 10.1. The summed E-state index contributed by atoms with van der Waals surface area (Å²) in [5, 5.41) is 13.7. The zero-order valence-corrected chi connectivity index (χ0v) is 20.4. The van der Waals surface area contributed by atoms with Gasteiger partial charge in [0, 0.05) is 37.7 Å². The third kappa shape index (κ3) is 3.97. The van der Waals surface area contributed by atoms with Crippen LogP contribution in [0.3, 0.4) is 0 Å². The highest BCUT2D eigenvalue weighted by atomic mass is 35.5. The molecule has 2 fully saturated rings. The summed E-state index contributed by atoms with van der Waals surface area (Å²) in [5.74, 6) is 0.0957. The van der Waals surface area contributed by atoms with Crippen molar-refractivity contribution in [2.24, 2.45) is 5.92 Å². The lowest BCUT2D eigenvalue weighted by Crippen LogP contribution is -2.56. The van der Waals surface area contributed by atoms with Crippen LogP contribution < -0.4 is 15.1 Å². The third-order valence-corrected chi connectivity index (χ3v) is 7.99.